The molecule has 0 spiro atoms. The van der Waals surface area contributed by atoms with Crippen molar-refractivity contribution in [1.29, 1.82) is 0 Å². The normalized spacial score (nSPS) is 12.1. The van der Waals surface area contributed by atoms with Gasteiger partial charge in [0, 0.05) is 12.7 Å². The molecular formula is C14H22N2O2. The summed E-state index contributed by atoms with van der Waals surface area (Å²) in [5.74, 6) is 0. The predicted octanol–water partition coefficient (Wildman–Crippen LogP) is 2.46. The van der Waals surface area contributed by atoms with Gasteiger partial charge in [0.25, 0.3) is 0 Å². The number of urea groups is 1. The van der Waals surface area contributed by atoms with E-state index in [-0.39, 0.29) is 18.7 Å². The largest absolute Gasteiger partial charge is 0.394 e. The Labute approximate surface area is 109 Å². The maximum Gasteiger partial charge on any atom is 0.321 e. The van der Waals surface area contributed by atoms with Crippen LogP contribution in [0.2, 0.25) is 0 Å². The summed E-state index contributed by atoms with van der Waals surface area (Å²) in [6.45, 7) is 7.74. The Morgan fingerprint density at radius 3 is 2.28 bits per heavy atom. The zero-order valence-electron chi connectivity index (χ0n) is 11.7. The Hall–Kier alpha value is -1.55. The van der Waals surface area contributed by atoms with Crippen molar-refractivity contribution in [1.82, 2.24) is 4.90 Å². The zero-order valence-corrected chi connectivity index (χ0v) is 11.7. The van der Waals surface area contributed by atoms with Crippen LogP contribution in [0, 0.1) is 20.8 Å². The molecule has 1 aromatic carbocycles. The number of carbonyl (C=O) groups is 1. The maximum absolute atomic E-state index is 12.0. The number of aryl methyl sites for hydroxylation is 3. The molecule has 0 aliphatic carbocycles. The average Bonchev–Trinajstić information content (AvgIpc) is 2.31. The van der Waals surface area contributed by atoms with Gasteiger partial charge in [-0.2, -0.15) is 0 Å². The van der Waals surface area contributed by atoms with E-state index in [1.807, 2.05) is 32.9 Å². The molecule has 0 bridgehead atoms. The van der Waals surface area contributed by atoms with Crippen molar-refractivity contribution in [2.24, 2.45) is 0 Å². The number of nitrogens with zero attached hydrogens (tertiary/aromatic N) is 1. The Bertz CT molecular complexity index is 420. The first-order valence-corrected chi connectivity index (χ1v) is 6.09. The fourth-order valence-electron chi connectivity index (χ4n) is 1.89. The molecule has 0 fully saturated rings. The SMILES string of the molecule is Cc1cc(C)c(NC(=O)N(C)C(C)CO)c(C)c1. The molecule has 2 N–H and O–H groups in total. The fourth-order valence-corrected chi connectivity index (χ4v) is 1.89. The third kappa shape index (κ3) is 3.23. The third-order valence-electron chi connectivity index (χ3n) is 3.15. The van der Waals surface area contributed by atoms with E-state index in [4.69, 9.17) is 5.11 Å². The summed E-state index contributed by atoms with van der Waals surface area (Å²) in [4.78, 5) is 13.5. The lowest BCUT2D eigenvalue weighted by molar-refractivity contribution is 0.166. The molecule has 18 heavy (non-hydrogen) atoms. The van der Waals surface area contributed by atoms with E-state index in [0.717, 1.165) is 16.8 Å². The van der Waals surface area contributed by atoms with E-state index in [1.54, 1.807) is 14.0 Å². The van der Waals surface area contributed by atoms with E-state index in [2.05, 4.69) is 5.32 Å². The highest BCUT2D eigenvalue weighted by Gasteiger charge is 2.16. The number of hydrogen-bond acceptors (Lipinski definition) is 2. The highest BCUT2D eigenvalue weighted by atomic mass is 16.3. The number of anilines is 1. The lowest BCUT2D eigenvalue weighted by Gasteiger charge is -2.24. The lowest BCUT2D eigenvalue weighted by Crippen LogP contribution is -2.40. The van der Waals surface area contributed by atoms with Crippen LogP contribution in [0.15, 0.2) is 12.1 Å². The molecule has 1 aromatic rings. The molecule has 0 aromatic heterocycles. The first-order valence-electron chi connectivity index (χ1n) is 6.09. The molecule has 0 saturated heterocycles. The Morgan fingerprint density at radius 2 is 1.83 bits per heavy atom. The summed E-state index contributed by atoms with van der Waals surface area (Å²) >= 11 is 0. The number of aliphatic hydroxyl groups is 1. The first-order chi connectivity index (χ1) is 8.36. The van der Waals surface area contributed by atoms with Gasteiger partial charge in [-0.05, 0) is 38.8 Å². The van der Waals surface area contributed by atoms with Crippen LogP contribution in [-0.2, 0) is 0 Å². The summed E-state index contributed by atoms with van der Waals surface area (Å²) in [6.07, 6.45) is 0. The highest BCUT2D eigenvalue weighted by molar-refractivity contribution is 5.91. The Balaban J connectivity index is 2.89. The summed E-state index contributed by atoms with van der Waals surface area (Å²) < 4.78 is 0. The van der Waals surface area contributed by atoms with Crippen LogP contribution in [0.25, 0.3) is 0 Å². The average molecular weight is 250 g/mol. The summed E-state index contributed by atoms with van der Waals surface area (Å²) in [7, 11) is 1.68. The van der Waals surface area contributed by atoms with E-state index in [9.17, 15) is 4.79 Å². The Morgan fingerprint density at radius 1 is 1.33 bits per heavy atom. The van der Waals surface area contributed by atoms with Crippen molar-refractivity contribution in [3.05, 3.63) is 28.8 Å². The van der Waals surface area contributed by atoms with Crippen molar-refractivity contribution in [3.8, 4) is 0 Å². The van der Waals surface area contributed by atoms with E-state index < -0.39 is 0 Å². The molecule has 1 unspecified atom stereocenters. The van der Waals surface area contributed by atoms with Gasteiger partial charge in [0.1, 0.15) is 0 Å². The number of nitrogens with one attached hydrogen (secondary N) is 1. The molecule has 4 nitrogen and oxygen atoms in total. The van der Waals surface area contributed by atoms with E-state index >= 15 is 0 Å². The fraction of sp³-hybridized carbons (Fsp3) is 0.500. The molecule has 1 atom stereocenters. The van der Waals surface area contributed by atoms with E-state index in [1.165, 1.54) is 10.5 Å². The van der Waals surface area contributed by atoms with Gasteiger partial charge in [0.05, 0.1) is 12.6 Å². The smallest absolute Gasteiger partial charge is 0.321 e. The monoisotopic (exact) mass is 250 g/mol. The van der Waals surface area contributed by atoms with Crippen LogP contribution >= 0.6 is 0 Å². The second-order valence-electron chi connectivity index (χ2n) is 4.85. The molecule has 0 radical (unpaired) electrons. The maximum atomic E-state index is 12.0. The molecule has 0 aliphatic rings. The lowest BCUT2D eigenvalue weighted by atomic mass is 10.1. The van der Waals surface area contributed by atoms with Gasteiger partial charge in [0.15, 0.2) is 0 Å². The summed E-state index contributed by atoms with van der Waals surface area (Å²) in [5.41, 5.74) is 4.12. The number of aliphatic hydroxyl groups excluding tert-OH is 1. The van der Waals surface area contributed by atoms with Crippen LogP contribution in [0.5, 0.6) is 0 Å². The number of likely N-dealkylation sites (N-methyl/N-ethyl adjacent to an activating group) is 1. The number of benzene rings is 1. The van der Waals surface area contributed by atoms with Gasteiger partial charge in [0.2, 0.25) is 0 Å². The van der Waals surface area contributed by atoms with Crippen LogP contribution in [0.3, 0.4) is 0 Å². The predicted molar refractivity (Wildman–Crippen MR) is 74.0 cm³/mol. The minimum absolute atomic E-state index is 0.0459. The van der Waals surface area contributed by atoms with Gasteiger partial charge in [-0.25, -0.2) is 4.79 Å². The van der Waals surface area contributed by atoms with Gasteiger partial charge in [-0.3, -0.25) is 0 Å². The molecule has 1 rings (SSSR count). The van der Waals surface area contributed by atoms with Crippen molar-refractivity contribution in [2.45, 2.75) is 33.7 Å². The zero-order chi connectivity index (χ0) is 13.9. The summed E-state index contributed by atoms with van der Waals surface area (Å²) in [6, 6.07) is 3.68. The van der Waals surface area contributed by atoms with E-state index in [0.29, 0.717) is 0 Å². The second-order valence-corrected chi connectivity index (χ2v) is 4.85. The third-order valence-corrected chi connectivity index (χ3v) is 3.15. The van der Waals surface area contributed by atoms with Crippen molar-refractivity contribution in [2.75, 3.05) is 19.0 Å². The van der Waals surface area contributed by atoms with Gasteiger partial charge in [-0.1, -0.05) is 17.7 Å². The standard InChI is InChI=1S/C14H22N2O2/c1-9-6-10(2)13(11(3)7-9)15-14(18)16(5)12(4)8-17/h6-7,12,17H,8H2,1-5H3,(H,15,18). The van der Waals surface area contributed by atoms with Crippen LogP contribution in [0.1, 0.15) is 23.6 Å². The van der Waals surface area contributed by atoms with Crippen LogP contribution in [-0.4, -0.2) is 35.7 Å². The highest BCUT2D eigenvalue weighted by Crippen LogP contribution is 2.22. The molecule has 0 heterocycles. The molecule has 0 aliphatic heterocycles. The molecular weight excluding hydrogens is 228 g/mol. The first kappa shape index (κ1) is 14.5. The number of hydrogen-bond donors (Lipinski definition) is 2. The summed E-state index contributed by atoms with van der Waals surface area (Å²) in [5, 5.41) is 11.9. The van der Waals surface area contributed by atoms with Crippen molar-refractivity contribution >= 4 is 11.7 Å². The minimum atomic E-state index is -0.202. The Kier molecular flexibility index (Phi) is 4.73. The number of carbonyl (C=O) groups excluding carboxylic acids is 1. The molecule has 2 amide bonds. The minimum Gasteiger partial charge on any atom is -0.394 e. The molecule has 100 valence electrons. The molecule has 0 saturated carbocycles. The van der Waals surface area contributed by atoms with Crippen LogP contribution in [0.4, 0.5) is 10.5 Å². The van der Waals surface area contributed by atoms with Gasteiger partial charge >= 0.3 is 6.03 Å². The van der Waals surface area contributed by atoms with Gasteiger partial charge < -0.3 is 15.3 Å². The number of amides is 2. The van der Waals surface area contributed by atoms with Crippen molar-refractivity contribution < 1.29 is 9.90 Å². The topological polar surface area (TPSA) is 52.6 Å². The van der Waals surface area contributed by atoms with Gasteiger partial charge in [-0.15, -0.1) is 0 Å². The van der Waals surface area contributed by atoms with Crippen molar-refractivity contribution in [3.63, 3.8) is 0 Å². The number of rotatable bonds is 3. The van der Waals surface area contributed by atoms with Crippen LogP contribution < -0.4 is 5.32 Å². The quantitative estimate of drug-likeness (QED) is 0.865. The second kappa shape index (κ2) is 5.87. The molecule has 4 heteroatoms.